The highest BCUT2D eigenvalue weighted by Gasteiger charge is 2.16. The number of hydrogen-bond donors (Lipinski definition) is 1. The summed E-state index contributed by atoms with van der Waals surface area (Å²) in [6.07, 6.45) is 1.75. The minimum absolute atomic E-state index is 0.0794. The summed E-state index contributed by atoms with van der Waals surface area (Å²) in [6, 6.07) is 4.86. The highest BCUT2D eigenvalue weighted by molar-refractivity contribution is 14.1. The van der Waals surface area contributed by atoms with Crippen LogP contribution in [0, 0.1) is 9.39 Å². The molecule has 1 aromatic heterocycles. The maximum absolute atomic E-state index is 14.2. The van der Waals surface area contributed by atoms with Crippen molar-refractivity contribution in [3.05, 3.63) is 38.3 Å². The van der Waals surface area contributed by atoms with E-state index < -0.39 is 5.82 Å². The SMILES string of the molecule is CCCNc1nc(-c2cccc(Cl)c2F)nc(CC)c1I. The molecule has 0 aliphatic rings. The smallest absolute Gasteiger partial charge is 0.164 e. The quantitative estimate of drug-likeness (QED) is 0.699. The molecule has 1 N–H and O–H groups in total. The van der Waals surface area contributed by atoms with Gasteiger partial charge < -0.3 is 5.32 Å². The Kier molecular flexibility index (Phi) is 5.75. The lowest BCUT2D eigenvalue weighted by Gasteiger charge is -2.12. The zero-order chi connectivity index (χ0) is 15.4. The number of aromatic nitrogens is 2. The molecule has 6 heteroatoms. The monoisotopic (exact) mass is 419 g/mol. The molecule has 0 aliphatic heterocycles. The van der Waals surface area contributed by atoms with Crippen LogP contribution in [0.5, 0.6) is 0 Å². The molecular formula is C15H16ClFIN3. The summed E-state index contributed by atoms with van der Waals surface area (Å²) in [6.45, 7) is 4.92. The summed E-state index contributed by atoms with van der Waals surface area (Å²) in [5.41, 5.74) is 1.23. The first-order chi connectivity index (χ1) is 10.1. The molecule has 3 nitrogen and oxygen atoms in total. The number of aryl methyl sites for hydroxylation is 1. The molecule has 0 unspecified atom stereocenters. The van der Waals surface area contributed by atoms with Crippen molar-refractivity contribution in [3.8, 4) is 11.4 Å². The van der Waals surface area contributed by atoms with Gasteiger partial charge >= 0.3 is 0 Å². The molecule has 0 aliphatic carbocycles. The van der Waals surface area contributed by atoms with Gasteiger partial charge in [-0.2, -0.15) is 0 Å². The molecule has 0 bridgehead atoms. The highest BCUT2D eigenvalue weighted by atomic mass is 127. The van der Waals surface area contributed by atoms with Crippen molar-refractivity contribution >= 4 is 40.0 Å². The van der Waals surface area contributed by atoms with Crippen LogP contribution in [0.1, 0.15) is 26.0 Å². The van der Waals surface area contributed by atoms with Gasteiger partial charge in [0, 0.05) is 6.54 Å². The Morgan fingerprint density at radius 1 is 1.29 bits per heavy atom. The van der Waals surface area contributed by atoms with E-state index in [1.54, 1.807) is 12.1 Å². The van der Waals surface area contributed by atoms with Crippen molar-refractivity contribution in [1.29, 1.82) is 0 Å². The Balaban J connectivity index is 2.55. The molecule has 0 saturated heterocycles. The summed E-state index contributed by atoms with van der Waals surface area (Å²) in [7, 11) is 0. The molecule has 0 atom stereocenters. The normalized spacial score (nSPS) is 10.7. The number of nitrogens with zero attached hydrogens (tertiary/aromatic N) is 2. The van der Waals surface area contributed by atoms with E-state index in [9.17, 15) is 4.39 Å². The third kappa shape index (κ3) is 3.63. The van der Waals surface area contributed by atoms with Gasteiger partial charge in [0.05, 0.1) is 19.9 Å². The van der Waals surface area contributed by atoms with E-state index in [0.717, 1.165) is 34.5 Å². The maximum Gasteiger partial charge on any atom is 0.164 e. The summed E-state index contributed by atoms with van der Waals surface area (Å²) in [5.74, 6) is 0.633. The summed E-state index contributed by atoms with van der Waals surface area (Å²) in [5, 5.41) is 3.35. The molecule has 1 aromatic carbocycles. The Morgan fingerprint density at radius 2 is 2.05 bits per heavy atom. The zero-order valence-corrected chi connectivity index (χ0v) is 14.8. The molecule has 2 rings (SSSR count). The molecule has 21 heavy (non-hydrogen) atoms. The number of benzene rings is 1. The molecule has 112 valence electrons. The second-order valence-corrected chi connectivity index (χ2v) is 6.02. The summed E-state index contributed by atoms with van der Waals surface area (Å²) in [4.78, 5) is 8.94. The number of hydrogen-bond acceptors (Lipinski definition) is 3. The second-order valence-electron chi connectivity index (χ2n) is 4.54. The van der Waals surface area contributed by atoms with Gasteiger partial charge in [-0.05, 0) is 47.6 Å². The van der Waals surface area contributed by atoms with Crippen LogP contribution >= 0.6 is 34.2 Å². The number of halogens is 3. The van der Waals surface area contributed by atoms with Gasteiger partial charge in [0.15, 0.2) is 11.6 Å². The van der Waals surface area contributed by atoms with Crippen LogP contribution < -0.4 is 5.32 Å². The Labute approximate surface area is 142 Å². The first-order valence-electron chi connectivity index (χ1n) is 6.83. The van der Waals surface area contributed by atoms with Crippen molar-refractivity contribution in [2.45, 2.75) is 26.7 Å². The first kappa shape index (κ1) is 16.4. The minimum Gasteiger partial charge on any atom is -0.369 e. The predicted octanol–water partition coefficient (Wildman–Crippen LogP) is 4.93. The Bertz CT molecular complexity index is 649. The highest BCUT2D eigenvalue weighted by Crippen LogP contribution is 2.28. The summed E-state index contributed by atoms with van der Waals surface area (Å²) >= 11 is 8.07. The number of anilines is 1. The van der Waals surface area contributed by atoms with E-state index >= 15 is 0 Å². The van der Waals surface area contributed by atoms with E-state index in [4.69, 9.17) is 11.6 Å². The van der Waals surface area contributed by atoms with Gasteiger partial charge in [-0.1, -0.05) is 31.5 Å². The van der Waals surface area contributed by atoms with E-state index in [1.165, 1.54) is 6.07 Å². The van der Waals surface area contributed by atoms with Crippen LogP contribution in [0.4, 0.5) is 10.2 Å². The fourth-order valence-electron chi connectivity index (χ4n) is 1.89. The van der Waals surface area contributed by atoms with Crippen LogP contribution in [0.25, 0.3) is 11.4 Å². The van der Waals surface area contributed by atoms with Crippen molar-refractivity contribution in [3.63, 3.8) is 0 Å². The molecule has 0 spiro atoms. The van der Waals surface area contributed by atoms with Crippen LogP contribution in [-0.4, -0.2) is 16.5 Å². The third-order valence-electron chi connectivity index (χ3n) is 2.99. The number of rotatable bonds is 5. The van der Waals surface area contributed by atoms with Crippen molar-refractivity contribution in [2.75, 3.05) is 11.9 Å². The van der Waals surface area contributed by atoms with E-state index in [0.29, 0.717) is 11.4 Å². The molecule has 0 saturated carbocycles. The van der Waals surface area contributed by atoms with Crippen molar-refractivity contribution in [1.82, 2.24) is 9.97 Å². The van der Waals surface area contributed by atoms with Gasteiger partial charge in [-0.15, -0.1) is 0 Å². The topological polar surface area (TPSA) is 37.8 Å². The average Bonchev–Trinajstić information content (AvgIpc) is 2.49. The van der Waals surface area contributed by atoms with Gasteiger partial charge in [-0.3, -0.25) is 0 Å². The van der Waals surface area contributed by atoms with E-state index in [-0.39, 0.29) is 5.02 Å². The van der Waals surface area contributed by atoms with Crippen LogP contribution in [-0.2, 0) is 6.42 Å². The van der Waals surface area contributed by atoms with Gasteiger partial charge in [0.25, 0.3) is 0 Å². The lowest BCUT2D eigenvalue weighted by Crippen LogP contribution is -2.09. The van der Waals surface area contributed by atoms with Crippen molar-refractivity contribution in [2.24, 2.45) is 0 Å². The fourth-order valence-corrected chi connectivity index (χ4v) is 2.87. The Hall–Kier alpha value is -0.950. The van der Waals surface area contributed by atoms with Crippen LogP contribution in [0.15, 0.2) is 18.2 Å². The molecule has 0 radical (unpaired) electrons. The van der Waals surface area contributed by atoms with E-state index in [2.05, 4.69) is 44.8 Å². The molecule has 0 amide bonds. The van der Waals surface area contributed by atoms with Gasteiger partial charge in [0.2, 0.25) is 0 Å². The van der Waals surface area contributed by atoms with Crippen LogP contribution in [0.3, 0.4) is 0 Å². The van der Waals surface area contributed by atoms with Crippen LogP contribution in [0.2, 0.25) is 5.02 Å². The van der Waals surface area contributed by atoms with E-state index in [1.807, 2.05) is 6.92 Å². The molecule has 0 fully saturated rings. The maximum atomic E-state index is 14.2. The Morgan fingerprint density at radius 3 is 2.71 bits per heavy atom. The van der Waals surface area contributed by atoms with Gasteiger partial charge in [-0.25, -0.2) is 14.4 Å². The van der Waals surface area contributed by atoms with Crippen molar-refractivity contribution < 1.29 is 4.39 Å². The standard InChI is InChI=1S/C15H16ClFIN3/c1-3-8-19-15-13(18)11(4-2)20-14(21-15)9-6-5-7-10(16)12(9)17/h5-7H,3-4,8H2,1-2H3,(H,19,20,21). The zero-order valence-electron chi connectivity index (χ0n) is 11.9. The average molecular weight is 420 g/mol. The van der Waals surface area contributed by atoms with Gasteiger partial charge in [0.1, 0.15) is 5.82 Å². The number of nitrogens with one attached hydrogen (secondary N) is 1. The third-order valence-corrected chi connectivity index (χ3v) is 4.42. The lowest BCUT2D eigenvalue weighted by molar-refractivity contribution is 0.630. The largest absolute Gasteiger partial charge is 0.369 e. The molecular weight excluding hydrogens is 404 g/mol. The molecule has 1 heterocycles. The first-order valence-corrected chi connectivity index (χ1v) is 8.28. The fraction of sp³-hybridized carbons (Fsp3) is 0.333. The summed E-state index contributed by atoms with van der Waals surface area (Å²) < 4.78 is 15.2. The lowest BCUT2D eigenvalue weighted by atomic mass is 10.2. The predicted molar refractivity (Wildman–Crippen MR) is 93.3 cm³/mol. The molecule has 2 aromatic rings. The second kappa shape index (κ2) is 7.35. The minimum atomic E-state index is -0.483.